The minimum Gasteiger partial charge on any atom is -0.426 e. The molecule has 1 aliphatic rings. The van der Waals surface area contributed by atoms with Gasteiger partial charge >= 0.3 is 5.97 Å². The van der Waals surface area contributed by atoms with Gasteiger partial charge in [0.15, 0.2) is 0 Å². The van der Waals surface area contributed by atoms with Crippen molar-refractivity contribution < 1.29 is 14.3 Å². The van der Waals surface area contributed by atoms with Gasteiger partial charge < -0.3 is 14.5 Å². The van der Waals surface area contributed by atoms with Gasteiger partial charge in [0.05, 0.1) is 11.0 Å². The molecule has 1 amide bonds. The summed E-state index contributed by atoms with van der Waals surface area (Å²) in [4.78, 5) is 28.3. The predicted molar refractivity (Wildman–Crippen MR) is 116 cm³/mol. The average molecular weight is 414 g/mol. The van der Waals surface area contributed by atoms with E-state index in [0.717, 1.165) is 16.7 Å². The number of carbonyl (C=O) groups is 2. The SMILES string of the molecule is CC(=O)Oc1c(CN(C)C)cc(C=C2SC=CN(CC#N)C2=O)cc1C(C)(C)C. The van der Waals surface area contributed by atoms with Crippen LogP contribution >= 0.6 is 11.8 Å². The van der Waals surface area contributed by atoms with E-state index >= 15 is 0 Å². The Balaban J connectivity index is 2.61. The summed E-state index contributed by atoms with van der Waals surface area (Å²) in [5, 5.41) is 10.7. The maximum absolute atomic E-state index is 12.6. The lowest BCUT2D eigenvalue weighted by molar-refractivity contribution is -0.132. The van der Waals surface area contributed by atoms with Crippen LogP contribution in [0.3, 0.4) is 0 Å². The molecule has 1 heterocycles. The largest absolute Gasteiger partial charge is 0.426 e. The molecule has 0 fully saturated rings. The first-order valence-electron chi connectivity index (χ1n) is 9.26. The highest BCUT2D eigenvalue weighted by molar-refractivity contribution is 8.06. The highest BCUT2D eigenvalue weighted by atomic mass is 32.2. The number of hydrogen-bond acceptors (Lipinski definition) is 6. The maximum Gasteiger partial charge on any atom is 0.308 e. The monoisotopic (exact) mass is 413 g/mol. The van der Waals surface area contributed by atoms with Crippen molar-refractivity contribution in [1.82, 2.24) is 9.80 Å². The van der Waals surface area contributed by atoms with Crippen molar-refractivity contribution >= 4 is 29.7 Å². The molecule has 29 heavy (non-hydrogen) atoms. The van der Waals surface area contributed by atoms with Crippen LogP contribution in [0.1, 0.15) is 44.4 Å². The molecular formula is C22H27N3O3S. The van der Waals surface area contributed by atoms with Crippen LogP contribution in [0, 0.1) is 11.3 Å². The van der Waals surface area contributed by atoms with Gasteiger partial charge in [0.25, 0.3) is 5.91 Å². The van der Waals surface area contributed by atoms with Gasteiger partial charge in [-0.2, -0.15) is 5.26 Å². The summed E-state index contributed by atoms with van der Waals surface area (Å²) in [7, 11) is 3.90. The third kappa shape index (κ3) is 5.96. The van der Waals surface area contributed by atoms with Crippen molar-refractivity contribution in [1.29, 1.82) is 5.26 Å². The van der Waals surface area contributed by atoms with E-state index in [-0.39, 0.29) is 23.8 Å². The molecule has 1 aromatic carbocycles. The smallest absolute Gasteiger partial charge is 0.308 e. The Morgan fingerprint density at radius 3 is 2.59 bits per heavy atom. The maximum atomic E-state index is 12.6. The topological polar surface area (TPSA) is 73.6 Å². The summed E-state index contributed by atoms with van der Waals surface area (Å²) in [5.74, 6) is 0.0148. The summed E-state index contributed by atoms with van der Waals surface area (Å²) in [6.07, 6.45) is 3.45. The van der Waals surface area contributed by atoms with E-state index in [1.165, 1.54) is 23.6 Å². The van der Waals surface area contributed by atoms with Crippen molar-refractivity contribution in [3.8, 4) is 11.8 Å². The van der Waals surface area contributed by atoms with Gasteiger partial charge in [0.1, 0.15) is 12.3 Å². The molecule has 7 heteroatoms. The van der Waals surface area contributed by atoms with Gasteiger partial charge in [0.2, 0.25) is 0 Å². The molecule has 0 aromatic heterocycles. The van der Waals surface area contributed by atoms with Crippen LogP contribution in [-0.2, 0) is 21.5 Å². The number of esters is 1. The Morgan fingerprint density at radius 1 is 1.34 bits per heavy atom. The van der Waals surface area contributed by atoms with Gasteiger partial charge in [0, 0.05) is 30.8 Å². The quantitative estimate of drug-likeness (QED) is 0.316. The van der Waals surface area contributed by atoms with Crippen LogP contribution < -0.4 is 4.74 Å². The third-order valence-electron chi connectivity index (χ3n) is 4.17. The van der Waals surface area contributed by atoms with E-state index in [2.05, 4.69) is 20.8 Å². The molecule has 0 spiro atoms. The van der Waals surface area contributed by atoms with Crippen molar-refractivity contribution in [2.45, 2.75) is 39.7 Å². The van der Waals surface area contributed by atoms with E-state index in [4.69, 9.17) is 10.00 Å². The molecule has 0 unspecified atom stereocenters. The van der Waals surface area contributed by atoms with E-state index < -0.39 is 0 Å². The second-order valence-corrected chi connectivity index (χ2v) is 9.09. The standard InChI is InChI=1S/C22H27N3O3S/c1-15(26)28-20-17(14-24(5)6)11-16(12-18(20)22(2,3)4)13-19-21(27)25(8-7-23)9-10-29-19/h9-13H,8,14H2,1-6H3. The average Bonchev–Trinajstić information content (AvgIpc) is 2.58. The van der Waals surface area contributed by atoms with Crippen LogP contribution in [0.2, 0.25) is 0 Å². The van der Waals surface area contributed by atoms with Crippen LogP contribution in [-0.4, -0.2) is 42.3 Å². The summed E-state index contributed by atoms with van der Waals surface area (Å²) in [6, 6.07) is 5.91. The first kappa shape index (κ1) is 22.7. The Bertz CT molecular complexity index is 905. The normalized spacial score (nSPS) is 15.7. The summed E-state index contributed by atoms with van der Waals surface area (Å²) >= 11 is 1.33. The Labute approximate surface area is 176 Å². The van der Waals surface area contributed by atoms with Crippen LogP contribution in [0.5, 0.6) is 5.75 Å². The number of nitrogens with zero attached hydrogens (tertiary/aromatic N) is 3. The zero-order chi connectivity index (χ0) is 21.8. The molecule has 6 nitrogen and oxygen atoms in total. The lowest BCUT2D eigenvalue weighted by Gasteiger charge is -2.26. The lowest BCUT2D eigenvalue weighted by atomic mass is 9.83. The molecule has 0 radical (unpaired) electrons. The van der Waals surface area contributed by atoms with Crippen molar-refractivity contribution in [2.24, 2.45) is 0 Å². The number of rotatable bonds is 5. The summed E-state index contributed by atoms with van der Waals surface area (Å²) in [6.45, 7) is 8.17. The fourth-order valence-electron chi connectivity index (χ4n) is 2.96. The molecule has 1 aromatic rings. The van der Waals surface area contributed by atoms with Gasteiger partial charge in [-0.1, -0.05) is 32.5 Å². The number of amides is 1. The lowest BCUT2D eigenvalue weighted by Crippen LogP contribution is -2.28. The fourth-order valence-corrected chi connectivity index (χ4v) is 3.74. The minimum absolute atomic E-state index is 0.0117. The van der Waals surface area contributed by atoms with E-state index in [1.807, 2.05) is 43.3 Å². The Morgan fingerprint density at radius 2 is 2.03 bits per heavy atom. The number of nitriles is 1. The van der Waals surface area contributed by atoms with Crippen LogP contribution in [0.15, 0.2) is 28.6 Å². The van der Waals surface area contributed by atoms with Crippen molar-refractivity contribution in [3.05, 3.63) is 45.3 Å². The first-order valence-corrected chi connectivity index (χ1v) is 10.1. The van der Waals surface area contributed by atoms with E-state index in [0.29, 0.717) is 17.2 Å². The molecule has 0 bridgehead atoms. The predicted octanol–water partition coefficient (Wildman–Crippen LogP) is 3.88. The molecule has 2 rings (SSSR count). The number of thioether (sulfide) groups is 1. The third-order valence-corrected chi connectivity index (χ3v) is 4.98. The van der Waals surface area contributed by atoms with E-state index in [1.54, 1.807) is 11.6 Å². The van der Waals surface area contributed by atoms with Crippen molar-refractivity contribution in [2.75, 3.05) is 20.6 Å². The molecule has 0 N–H and O–H groups in total. The van der Waals surface area contributed by atoms with Crippen LogP contribution in [0.25, 0.3) is 6.08 Å². The molecular weight excluding hydrogens is 386 g/mol. The zero-order valence-electron chi connectivity index (χ0n) is 17.8. The second kappa shape index (κ2) is 9.29. The number of hydrogen-bond donors (Lipinski definition) is 0. The molecule has 0 atom stereocenters. The number of carbonyl (C=O) groups excluding carboxylic acids is 2. The molecule has 0 saturated carbocycles. The first-order chi connectivity index (χ1) is 13.5. The van der Waals surface area contributed by atoms with Crippen LogP contribution in [0.4, 0.5) is 0 Å². The van der Waals surface area contributed by atoms with Gasteiger partial charge in [-0.05, 0) is 48.7 Å². The second-order valence-electron chi connectivity index (χ2n) is 8.14. The van der Waals surface area contributed by atoms with Gasteiger partial charge in [-0.3, -0.25) is 9.59 Å². The Hall–Kier alpha value is -2.56. The molecule has 0 aliphatic carbocycles. The van der Waals surface area contributed by atoms with Crippen molar-refractivity contribution in [3.63, 3.8) is 0 Å². The van der Waals surface area contributed by atoms with E-state index in [9.17, 15) is 9.59 Å². The van der Waals surface area contributed by atoms with Gasteiger partial charge in [-0.15, -0.1) is 0 Å². The molecule has 0 saturated heterocycles. The number of benzene rings is 1. The minimum atomic E-state index is -0.364. The zero-order valence-corrected chi connectivity index (χ0v) is 18.6. The highest BCUT2D eigenvalue weighted by Crippen LogP contribution is 2.37. The number of ether oxygens (including phenoxy) is 1. The fraction of sp³-hybridized carbons (Fsp3) is 0.409. The van der Waals surface area contributed by atoms with Gasteiger partial charge in [-0.25, -0.2) is 0 Å². The molecule has 154 valence electrons. The molecule has 1 aliphatic heterocycles. The summed E-state index contributed by atoms with van der Waals surface area (Å²) < 4.78 is 5.61. The highest BCUT2D eigenvalue weighted by Gasteiger charge is 2.25. The summed E-state index contributed by atoms with van der Waals surface area (Å²) in [5.41, 5.74) is 2.36. The Kier molecular flexibility index (Phi) is 7.28.